The molecule has 41 heavy (non-hydrogen) atoms. The van der Waals surface area contributed by atoms with E-state index in [0.717, 1.165) is 31.4 Å². The molecule has 2 saturated carbocycles. The van der Waals surface area contributed by atoms with Gasteiger partial charge in [0.15, 0.2) is 10.6 Å². The van der Waals surface area contributed by atoms with Crippen LogP contribution in [0.1, 0.15) is 58.8 Å². The molecule has 6 rings (SSSR count). The van der Waals surface area contributed by atoms with Crippen LogP contribution in [0.5, 0.6) is 5.75 Å². The number of aliphatic hydroxyl groups is 1. The molecule has 2 N–H and O–H groups in total. The standard InChI is InChI=1S/C29H37ClN4O6S/c1-27(2)18-34(19-28(40-27)11-3-4-12-28)22-9-8-20(30)16-23(22)39-29(13-14-29)26(36)32-41(37,38)25-7-5-6-24(31-25)33-15-10-21(35)17-33/h5-9,16,21,35H,3-4,10-15,17-19H2,1-2H3,(H,32,36). The highest BCUT2D eigenvalue weighted by Crippen LogP contribution is 2.47. The van der Waals surface area contributed by atoms with Crippen molar-refractivity contribution < 1.29 is 27.8 Å². The first-order valence-electron chi connectivity index (χ1n) is 14.3. The van der Waals surface area contributed by atoms with Crippen LogP contribution in [0.2, 0.25) is 5.02 Å². The molecular weight excluding hydrogens is 568 g/mol. The molecular formula is C29H37ClN4O6S. The summed E-state index contributed by atoms with van der Waals surface area (Å²) in [5.41, 5.74) is -1.12. The average Bonchev–Trinajstić information content (AvgIpc) is 3.34. The Labute approximate surface area is 246 Å². The first-order chi connectivity index (χ1) is 19.4. The second kappa shape index (κ2) is 10.3. The second-order valence-corrected chi connectivity index (χ2v) is 14.5. The molecule has 2 aliphatic carbocycles. The summed E-state index contributed by atoms with van der Waals surface area (Å²) in [5, 5.41) is 10.0. The molecule has 1 unspecified atom stereocenters. The lowest BCUT2D eigenvalue weighted by Crippen LogP contribution is -2.59. The number of carbonyl (C=O) groups is 1. The number of carbonyl (C=O) groups excluding carboxylic acids is 1. The van der Waals surface area contributed by atoms with Crippen molar-refractivity contribution >= 4 is 39.0 Å². The molecule has 0 bridgehead atoms. The van der Waals surface area contributed by atoms with Gasteiger partial charge in [0.25, 0.3) is 15.9 Å². The smallest absolute Gasteiger partial charge is 0.281 e. The summed E-state index contributed by atoms with van der Waals surface area (Å²) in [6.07, 6.45) is 5.10. The van der Waals surface area contributed by atoms with E-state index in [2.05, 4.69) is 28.5 Å². The maximum absolute atomic E-state index is 13.4. The van der Waals surface area contributed by atoms with E-state index in [1.54, 1.807) is 24.3 Å². The van der Waals surface area contributed by atoms with E-state index in [0.29, 0.717) is 62.0 Å². The number of anilines is 2. The fourth-order valence-corrected chi connectivity index (χ4v) is 7.61. The van der Waals surface area contributed by atoms with Crippen LogP contribution < -0.4 is 19.3 Å². The molecule has 0 radical (unpaired) electrons. The Balaban J connectivity index is 1.22. The number of sulfonamides is 1. The summed E-state index contributed by atoms with van der Waals surface area (Å²) in [4.78, 5) is 21.8. The number of amides is 1. The van der Waals surface area contributed by atoms with Gasteiger partial charge in [-0.15, -0.1) is 0 Å². The fourth-order valence-electron chi connectivity index (χ4n) is 6.44. The number of ether oxygens (including phenoxy) is 2. The van der Waals surface area contributed by atoms with Crippen molar-refractivity contribution in [3.05, 3.63) is 41.4 Å². The quantitative estimate of drug-likeness (QED) is 0.488. The molecule has 4 fully saturated rings. The number of benzene rings is 1. The van der Waals surface area contributed by atoms with E-state index in [1.165, 1.54) is 6.07 Å². The van der Waals surface area contributed by atoms with Crippen LogP contribution in [-0.4, -0.2) is 73.5 Å². The van der Waals surface area contributed by atoms with Crippen molar-refractivity contribution in [2.24, 2.45) is 0 Å². The van der Waals surface area contributed by atoms with E-state index in [-0.39, 0.29) is 16.2 Å². The van der Waals surface area contributed by atoms with E-state index >= 15 is 0 Å². The molecule has 3 heterocycles. The van der Waals surface area contributed by atoms with Crippen molar-refractivity contribution in [3.63, 3.8) is 0 Å². The Morgan fingerprint density at radius 3 is 2.56 bits per heavy atom. The monoisotopic (exact) mass is 604 g/mol. The maximum Gasteiger partial charge on any atom is 0.281 e. The summed E-state index contributed by atoms with van der Waals surface area (Å²) >= 11 is 6.38. The SMILES string of the molecule is CC1(C)CN(c2ccc(Cl)cc2OC2(C(=O)NS(=O)(=O)c3cccc(N4CCC(O)C4)n3)CC2)CC2(CCCC2)O1. The van der Waals surface area contributed by atoms with Gasteiger partial charge in [0.2, 0.25) is 0 Å². The van der Waals surface area contributed by atoms with E-state index in [9.17, 15) is 18.3 Å². The van der Waals surface area contributed by atoms with Crippen LogP contribution in [0.3, 0.4) is 0 Å². The summed E-state index contributed by atoms with van der Waals surface area (Å²) in [7, 11) is -4.26. The Bertz CT molecular complexity index is 1440. The van der Waals surface area contributed by atoms with Gasteiger partial charge in [0.1, 0.15) is 11.6 Å². The molecule has 1 spiro atoms. The van der Waals surface area contributed by atoms with Gasteiger partial charge in [-0.25, -0.2) is 9.71 Å². The molecule has 10 nitrogen and oxygen atoms in total. The number of aromatic nitrogens is 1. The van der Waals surface area contributed by atoms with Gasteiger partial charge >= 0.3 is 0 Å². The first-order valence-corrected chi connectivity index (χ1v) is 16.1. The number of pyridine rings is 1. The molecule has 1 aromatic heterocycles. The van der Waals surface area contributed by atoms with Crippen LogP contribution in [0, 0.1) is 0 Å². The number of β-amino-alcohol motifs (C(OH)–C–C–N with tert-alkyl or cyclic N) is 1. The lowest BCUT2D eigenvalue weighted by molar-refractivity contribution is -0.148. The normalized spacial score (nSPS) is 24.4. The Kier molecular flexibility index (Phi) is 7.16. The van der Waals surface area contributed by atoms with Crippen molar-refractivity contribution in [2.45, 2.75) is 86.7 Å². The molecule has 1 aromatic carbocycles. The highest BCUT2D eigenvalue weighted by Gasteiger charge is 2.55. The Morgan fingerprint density at radius 2 is 1.88 bits per heavy atom. The van der Waals surface area contributed by atoms with Gasteiger partial charge < -0.3 is 24.4 Å². The number of hydrogen-bond donors (Lipinski definition) is 2. The van der Waals surface area contributed by atoms with Crippen molar-refractivity contribution in [2.75, 3.05) is 36.0 Å². The van der Waals surface area contributed by atoms with Gasteiger partial charge in [-0.1, -0.05) is 30.5 Å². The predicted molar refractivity (Wildman–Crippen MR) is 155 cm³/mol. The molecule has 12 heteroatoms. The summed E-state index contributed by atoms with van der Waals surface area (Å²) in [6, 6.07) is 10.0. The molecule has 2 saturated heterocycles. The lowest BCUT2D eigenvalue weighted by Gasteiger charge is -2.50. The highest BCUT2D eigenvalue weighted by atomic mass is 35.5. The van der Waals surface area contributed by atoms with Gasteiger partial charge in [-0.05, 0) is 57.4 Å². The number of nitrogens with one attached hydrogen (secondary N) is 1. The van der Waals surface area contributed by atoms with Crippen molar-refractivity contribution in [3.8, 4) is 5.75 Å². The van der Waals surface area contributed by atoms with Crippen LogP contribution in [-0.2, 0) is 19.6 Å². The zero-order valence-corrected chi connectivity index (χ0v) is 25.0. The molecule has 1 atom stereocenters. The van der Waals surface area contributed by atoms with Crippen molar-refractivity contribution in [1.29, 1.82) is 0 Å². The van der Waals surface area contributed by atoms with Gasteiger partial charge in [-0.3, -0.25) is 4.79 Å². The van der Waals surface area contributed by atoms with Crippen LogP contribution in [0.4, 0.5) is 11.5 Å². The fraction of sp³-hybridized carbons (Fsp3) is 0.586. The number of hydrogen-bond acceptors (Lipinski definition) is 9. The lowest BCUT2D eigenvalue weighted by atomic mass is 9.93. The average molecular weight is 605 g/mol. The van der Waals surface area contributed by atoms with E-state index in [1.807, 2.05) is 11.0 Å². The Hall–Kier alpha value is -2.60. The molecule has 4 aliphatic rings. The van der Waals surface area contributed by atoms with E-state index in [4.69, 9.17) is 21.1 Å². The zero-order chi connectivity index (χ0) is 29.0. The number of halogens is 1. The number of morpholine rings is 1. The number of rotatable bonds is 7. The summed E-state index contributed by atoms with van der Waals surface area (Å²) in [6.45, 7) is 6.47. The minimum absolute atomic E-state index is 0.226. The molecule has 2 aliphatic heterocycles. The number of nitrogens with zero attached hydrogens (tertiary/aromatic N) is 3. The summed E-state index contributed by atoms with van der Waals surface area (Å²) < 4.78 is 41.6. The van der Waals surface area contributed by atoms with Crippen LogP contribution in [0.15, 0.2) is 41.4 Å². The maximum atomic E-state index is 13.4. The molecule has 222 valence electrons. The van der Waals surface area contributed by atoms with Crippen molar-refractivity contribution in [1.82, 2.24) is 9.71 Å². The minimum atomic E-state index is -4.26. The topological polar surface area (TPSA) is 121 Å². The predicted octanol–water partition coefficient (Wildman–Crippen LogP) is 3.65. The highest BCUT2D eigenvalue weighted by molar-refractivity contribution is 7.90. The Morgan fingerprint density at radius 1 is 1.12 bits per heavy atom. The van der Waals surface area contributed by atoms with Crippen LogP contribution >= 0.6 is 11.6 Å². The third-order valence-corrected chi connectivity index (χ3v) is 9.91. The second-order valence-electron chi connectivity index (χ2n) is 12.5. The largest absolute Gasteiger partial charge is 0.475 e. The summed E-state index contributed by atoms with van der Waals surface area (Å²) in [5.74, 6) is 0.147. The van der Waals surface area contributed by atoms with E-state index < -0.39 is 27.6 Å². The van der Waals surface area contributed by atoms with Gasteiger partial charge in [-0.2, -0.15) is 8.42 Å². The molecule has 1 amide bonds. The minimum Gasteiger partial charge on any atom is -0.475 e. The van der Waals surface area contributed by atoms with Gasteiger partial charge in [0.05, 0.1) is 23.0 Å². The third-order valence-electron chi connectivity index (χ3n) is 8.44. The number of aliphatic hydroxyl groups excluding tert-OH is 1. The van der Waals surface area contributed by atoms with Gasteiger partial charge in [0, 0.05) is 50.1 Å². The van der Waals surface area contributed by atoms with Crippen LogP contribution in [0.25, 0.3) is 0 Å². The zero-order valence-electron chi connectivity index (χ0n) is 23.4. The third kappa shape index (κ3) is 5.86. The molecule has 2 aromatic rings. The first kappa shape index (κ1) is 28.5.